The molecule has 0 aliphatic heterocycles. The highest BCUT2D eigenvalue weighted by molar-refractivity contribution is 4.94. The van der Waals surface area contributed by atoms with Crippen molar-refractivity contribution in [3.05, 3.63) is 0 Å². The molecule has 0 amide bonds. The molecule has 0 unspecified atom stereocenters. The van der Waals surface area contributed by atoms with Gasteiger partial charge >= 0.3 is 0 Å². The van der Waals surface area contributed by atoms with E-state index in [1.165, 1.54) is 25.7 Å². The molecule has 76 valence electrons. The lowest BCUT2D eigenvalue weighted by Gasteiger charge is -2.27. The molecule has 0 heterocycles. The lowest BCUT2D eigenvalue weighted by Crippen LogP contribution is -2.42. The molecule has 2 aliphatic carbocycles. The van der Waals surface area contributed by atoms with Crippen LogP contribution in [0.3, 0.4) is 0 Å². The van der Waals surface area contributed by atoms with Crippen molar-refractivity contribution in [2.75, 3.05) is 6.54 Å². The predicted octanol–water partition coefficient (Wildman–Crippen LogP) is 1.54. The maximum absolute atomic E-state index is 9.59. The molecule has 0 aromatic rings. The summed E-state index contributed by atoms with van der Waals surface area (Å²) in [6.45, 7) is 4.47. The van der Waals surface area contributed by atoms with Crippen LogP contribution in [0.15, 0.2) is 0 Å². The molecule has 0 aromatic carbocycles. The summed E-state index contributed by atoms with van der Waals surface area (Å²) >= 11 is 0. The molecule has 2 heteroatoms. The van der Waals surface area contributed by atoms with Gasteiger partial charge in [0.25, 0.3) is 0 Å². The second-order valence-corrected chi connectivity index (χ2v) is 5.47. The van der Waals surface area contributed by atoms with Crippen LogP contribution in [0.1, 0.15) is 39.5 Å². The first-order valence-electron chi connectivity index (χ1n) is 5.50. The van der Waals surface area contributed by atoms with Crippen LogP contribution in [-0.2, 0) is 0 Å². The number of aliphatic hydroxyl groups is 1. The summed E-state index contributed by atoms with van der Waals surface area (Å²) in [5, 5.41) is 13.1. The molecule has 2 aliphatic rings. The van der Waals surface area contributed by atoms with E-state index in [0.29, 0.717) is 6.04 Å². The fourth-order valence-corrected chi connectivity index (χ4v) is 2.88. The van der Waals surface area contributed by atoms with Crippen molar-refractivity contribution < 1.29 is 5.11 Å². The van der Waals surface area contributed by atoms with Gasteiger partial charge in [-0.2, -0.15) is 0 Å². The van der Waals surface area contributed by atoms with Crippen molar-refractivity contribution in [3.63, 3.8) is 0 Å². The van der Waals surface area contributed by atoms with E-state index in [4.69, 9.17) is 0 Å². The van der Waals surface area contributed by atoms with Gasteiger partial charge in [0.1, 0.15) is 0 Å². The summed E-state index contributed by atoms with van der Waals surface area (Å²) < 4.78 is 0. The van der Waals surface area contributed by atoms with Crippen molar-refractivity contribution in [3.8, 4) is 0 Å². The third kappa shape index (κ3) is 2.23. The van der Waals surface area contributed by atoms with Crippen molar-refractivity contribution >= 4 is 0 Å². The molecule has 2 rings (SSSR count). The predicted molar refractivity (Wildman–Crippen MR) is 53.5 cm³/mol. The number of rotatable bonds is 3. The Balaban J connectivity index is 1.78. The first-order valence-corrected chi connectivity index (χ1v) is 5.50. The van der Waals surface area contributed by atoms with E-state index in [9.17, 15) is 5.11 Å². The van der Waals surface area contributed by atoms with Crippen LogP contribution in [0.2, 0.25) is 0 Å². The van der Waals surface area contributed by atoms with E-state index < -0.39 is 5.60 Å². The summed E-state index contributed by atoms with van der Waals surface area (Å²) in [5.41, 5.74) is -0.554. The zero-order chi connectivity index (χ0) is 9.47. The monoisotopic (exact) mass is 183 g/mol. The summed E-state index contributed by atoms with van der Waals surface area (Å²) in [6.07, 6.45) is 5.64. The minimum atomic E-state index is -0.554. The highest BCUT2D eigenvalue weighted by atomic mass is 16.3. The van der Waals surface area contributed by atoms with E-state index >= 15 is 0 Å². The Morgan fingerprint density at radius 2 is 2.08 bits per heavy atom. The standard InChI is InChI=1S/C11H21NO/c1-11(2,13)7-12-10-6-8-3-4-9(10)5-8/h8-10,12-13H,3-7H2,1-2H3/t8-,9+,10-/m0/s1. The maximum Gasteiger partial charge on any atom is 0.0715 e. The number of hydrogen-bond donors (Lipinski definition) is 2. The molecule has 2 nitrogen and oxygen atoms in total. The van der Waals surface area contributed by atoms with E-state index in [2.05, 4.69) is 5.32 Å². The zero-order valence-electron chi connectivity index (χ0n) is 8.71. The lowest BCUT2D eigenvalue weighted by atomic mass is 9.95. The third-order valence-corrected chi connectivity index (χ3v) is 3.53. The minimum Gasteiger partial charge on any atom is -0.389 e. The topological polar surface area (TPSA) is 32.3 Å². The van der Waals surface area contributed by atoms with Gasteiger partial charge in [0.15, 0.2) is 0 Å². The van der Waals surface area contributed by atoms with Crippen LogP contribution in [0.4, 0.5) is 0 Å². The third-order valence-electron chi connectivity index (χ3n) is 3.53. The Kier molecular flexibility index (Phi) is 2.37. The molecule has 2 saturated carbocycles. The van der Waals surface area contributed by atoms with Gasteiger partial charge in [0.05, 0.1) is 5.60 Å². The minimum absolute atomic E-state index is 0.554. The van der Waals surface area contributed by atoms with Crippen LogP contribution in [0, 0.1) is 11.8 Å². The molecule has 0 radical (unpaired) electrons. The second kappa shape index (κ2) is 3.25. The van der Waals surface area contributed by atoms with Gasteiger partial charge in [-0.25, -0.2) is 0 Å². The molecule has 0 saturated heterocycles. The molecular weight excluding hydrogens is 162 g/mol. The normalized spacial score (nSPS) is 38.5. The summed E-state index contributed by atoms with van der Waals surface area (Å²) in [4.78, 5) is 0. The molecule has 0 aromatic heterocycles. The van der Waals surface area contributed by atoms with Gasteiger partial charge < -0.3 is 10.4 Å². The molecule has 13 heavy (non-hydrogen) atoms. The van der Waals surface area contributed by atoms with Gasteiger partial charge in [-0.15, -0.1) is 0 Å². The molecule has 2 fully saturated rings. The van der Waals surface area contributed by atoms with Crippen LogP contribution < -0.4 is 5.32 Å². The average molecular weight is 183 g/mol. The van der Waals surface area contributed by atoms with E-state index in [-0.39, 0.29) is 0 Å². The summed E-state index contributed by atoms with van der Waals surface area (Å²) in [6, 6.07) is 0.699. The van der Waals surface area contributed by atoms with Crippen molar-refractivity contribution in [1.29, 1.82) is 0 Å². The van der Waals surface area contributed by atoms with Crippen molar-refractivity contribution in [2.24, 2.45) is 11.8 Å². The van der Waals surface area contributed by atoms with Crippen molar-refractivity contribution in [2.45, 2.75) is 51.2 Å². The molecule has 2 N–H and O–H groups in total. The van der Waals surface area contributed by atoms with E-state index in [0.717, 1.165) is 18.4 Å². The largest absolute Gasteiger partial charge is 0.389 e. The Labute approximate surface area is 80.7 Å². The zero-order valence-corrected chi connectivity index (χ0v) is 8.71. The average Bonchev–Trinajstić information content (AvgIpc) is 2.58. The molecule has 2 bridgehead atoms. The van der Waals surface area contributed by atoms with Crippen molar-refractivity contribution in [1.82, 2.24) is 5.32 Å². The SMILES string of the molecule is CC(C)(O)CN[C@H]1C[C@H]2CC[C@@H]1C2. The second-order valence-electron chi connectivity index (χ2n) is 5.47. The van der Waals surface area contributed by atoms with E-state index in [1.807, 2.05) is 13.8 Å². The highest BCUT2D eigenvalue weighted by Crippen LogP contribution is 2.44. The smallest absolute Gasteiger partial charge is 0.0715 e. The van der Waals surface area contributed by atoms with Gasteiger partial charge in [-0.05, 0) is 44.9 Å². The van der Waals surface area contributed by atoms with Crippen LogP contribution >= 0.6 is 0 Å². The first kappa shape index (κ1) is 9.47. The Morgan fingerprint density at radius 3 is 2.54 bits per heavy atom. The maximum atomic E-state index is 9.59. The fraction of sp³-hybridized carbons (Fsp3) is 1.00. The molecule has 0 spiro atoms. The summed E-state index contributed by atoms with van der Waals surface area (Å²) in [5.74, 6) is 1.90. The van der Waals surface area contributed by atoms with E-state index in [1.54, 1.807) is 0 Å². The lowest BCUT2D eigenvalue weighted by molar-refractivity contribution is 0.0736. The number of nitrogens with one attached hydrogen (secondary N) is 1. The fourth-order valence-electron chi connectivity index (χ4n) is 2.88. The Hall–Kier alpha value is -0.0800. The number of hydrogen-bond acceptors (Lipinski definition) is 2. The first-order chi connectivity index (χ1) is 6.04. The van der Waals surface area contributed by atoms with Gasteiger partial charge in [0, 0.05) is 12.6 Å². The number of fused-ring (bicyclic) bond motifs is 2. The highest BCUT2D eigenvalue weighted by Gasteiger charge is 2.39. The Morgan fingerprint density at radius 1 is 1.31 bits per heavy atom. The molecular formula is C11H21NO. The summed E-state index contributed by atoms with van der Waals surface area (Å²) in [7, 11) is 0. The van der Waals surface area contributed by atoms with Crippen LogP contribution in [0.5, 0.6) is 0 Å². The van der Waals surface area contributed by atoms with Gasteiger partial charge in [0.2, 0.25) is 0 Å². The van der Waals surface area contributed by atoms with Gasteiger partial charge in [-0.1, -0.05) is 6.42 Å². The Bertz CT molecular complexity index is 185. The molecule has 3 atom stereocenters. The van der Waals surface area contributed by atoms with Gasteiger partial charge in [-0.3, -0.25) is 0 Å². The van der Waals surface area contributed by atoms with Crippen LogP contribution in [0.25, 0.3) is 0 Å². The van der Waals surface area contributed by atoms with Crippen LogP contribution in [-0.4, -0.2) is 23.3 Å². The quantitative estimate of drug-likeness (QED) is 0.695.